The van der Waals surface area contributed by atoms with Crippen molar-refractivity contribution in [2.75, 3.05) is 52.9 Å². The summed E-state index contributed by atoms with van der Waals surface area (Å²) in [6, 6.07) is 13.7. The molecule has 0 radical (unpaired) electrons. The van der Waals surface area contributed by atoms with Crippen molar-refractivity contribution >= 4 is 21.9 Å². The van der Waals surface area contributed by atoms with Gasteiger partial charge in [0.1, 0.15) is 12.4 Å². The Hall–Kier alpha value is -2.83. The predicted octanol–water partition coefficient (Wildman–Crippen LogP) is 2.35. The molecule has 0 aliphatic carbocycles. The number of carbonyl (C=O) groups is 2. The van der Waals surface area contributed by atoms with Crippen LogP contribution in [0, 0.1) is 6.92 Å². The Labute approximate surface area is 217 Å². The molecule has 1 aliphatic heterocycles. The summed E-state index contributed by atoms with van der Waals surface area (Å²) in [7, 11) is -3.78. The lowest BCUT2D eigenvalue weighted by molar-refractivity contribution is -0.134. The minimum Gasteiger partial charge on any atom is -0.491 e. The second-order valence-electron chi connectivity index (χ2n) is 8.35. The molecule has 1 atom stereocenters. The molecule has 1 heterocycles. The molecule has 0 spiro atoms. The molecule has 202 valence electrons. The molecule has 0 aromatic heterocycles. The molecule has 1 fully saturated rings. The van der Waals surface area contributed by atoms with Gasteiger partial charge in [-0.2, -0.15) is 8.42 Å². The van der Waals surface area contributed by atoms with Crippen LogP contribution in [0.25, 0.3) is 0 Å². The van der Waals surface area contributed by atoms with Crippen molar-refractivity contribution in [3.63, 3.8) is 0 Å². The summed E-state index contributed by atoms with van der Waals surface area (Å²) in [6.07, 6.45) is 0.860. The molecule has 2 amide bonds. The molecule has 37 heavy (non-hydrogen) atoms. The zero-order valence-electron chi connectivity index (χ0n) is 20.8. The third-order valence-electron chi connectivity index (χ3n) is 5.54. The maximum atomic E-state index is 12.1. The summed E-state index contributed by atoms with van der Waals surface area (Å²) < 4.78 is 50.9. The van der Waals surface area contributed by atoms with Crippen molar-refractivity contribution in [2.24, 2.45) is 0 Å². The number of rotatable bonds is 16. The Morgan fingerprint density at radius 2 is 1.35 bits per heavy atom. The molecule has 2 aromatic rings. The number of carbonyl (C=O) groups excluding carboxylic acids is 2. The molecule has 0 saturated carbocycles. The fourth-order valence-electron chi connectivity index (χ4n) is 3.54. The Bertz CT molecular complexity index is 1100. The third kappa shape index (κ3) is 9.86. The van der Waals surface area contributed by atoms with Gasteiger partial charge in [-0.15, -0.1) is 0 Å². The highest BCUT2D eigenvalue weighted by atomic mass is 32.2. The number of aryl methyl sites for hydroxylation is 1. The lowest BCUT2D eigenvalue weighted by Gasteiger charge is -2.21. The standard InChI is InChI=1S/C26H33NO9S/c1-20-2-8-23(9-3-20)37(30,31)36-19-17-34-15-13-32-12-14-33-16-18-35-22-6-4-21(5-7-22)24-10-11-25(28)27-26(24)29/h2-9,24H,10-19H2,1H3,(H,27,28,29). The summed E-state index contributed by atoms with van der Waals surface area (Å²) >= 11 is 0. The van der Waals surface area contributed by atoms with Crippen molar-refractivity contribution < 1.29 is 41.1 Å². The molecule has 11 heteroatoms. The van der Waals surface area contributed by atoms with Gasteiger partial charge < -0.3 is 18.9 Å². The van der Waals surface area contributed by atoms with Gasteiger partial charge in [-0.3, -0.25) is 19.1 Å². The quantitative estimate of drug-likeness (QED) is 0.196. The Kier molecular flexibility index (Phi) is 11.5. The van der Waals surface area contributed by atoms with E-state index in [4.69, 9.17) is 23.1 Å². The van der Waals surface area contributed by atoms with E-state index in [0.29, 0.717) is 58.2 Å². The molecule has 1 N–H and O–H groups in total. The van der Waals surface area contributed by atoms with Crippen LogP contribution in [0.3, 0.4) is 0 Å². The van der Waals surface area contributed by atoms with Gasteiger partial charge in [0.2, 0.25) is 11.8 Å². The van der Waals surface area contributed by atoms with E-state index in [1.54, 1.807) is 24.3 Å². The van der Waals surface area contributed by atoms with Crippen LogP contribution in [0.5, 0.6) is 5.75 Å². The van der Waals surface area contributed by atoms with Crippen LogP contribution in [0.4, 0.5) is 0 Å². The molecule has 1 saturated heterocycles. The van der Waals surface area contributed by atoms with Crippen LogP contribution in [-0.2, 0) is 38.1 Å². The van der Waals surface area contributed by atoms with Gasteiger partial charge in [-0.1, -0.05) is 29.8 Å². The minimum absolute atomic E-state index is 0.0705. The normalized spacial score (nSPS) is 16.0. The molecule has 1 aliphatic rings. The van der Waals surface area contributed by atoms with E-state index < -0.39 is 10.1 Å². The van der Waals surface area contributed by atoms with Gasteiger partial charge in [0.05, 0.1) is 57.1 Å². The van der Waals surface area contributed by atoms with Crippen molar-refractivity contribution in [1.82, 2.24) is 5.32 Å². The number of amides is 2. The van der Waals surface area contributed by atoms with E-state index in [9.17, 15) is 18.0 Å². The molecule has 2 aromatic carbocycles. The van der Waals surface area contributed by atoms with Crippen molar-refractivity contribution in [1.29, 1.82) is 0 Å². The van der Waals surface area contributed by atoms with Gasteiger partial charge in [-0.05, 0) is 43.2 Å². The summed E-state index contributed by atoms with van der Waals surface area (Å²) in [5.74, 6) is -0.127. The predicted molar refractivity (Wildman–Crippen MR) is 134 cm³/mol. The summed E-state index contributed by atoms with van der Waals surface area (Å²) in [6.45, 7) is 4.15. The van der Waals surface area contributed by atoms with Crippen LogP contribution >= 0.6 is 0 Å². The molecular formula is C26H33NO9S. The number of benzene rings is 2. The van der Waals surface area contributed by atoms with Crippen LogP contribution in [0.2, 0.25) is 0 Å². The maximum Gasteiger partial charge on any atom is 0.297 e. The van der Waals surface area contributed by atoms with Gasteiger partial charge in [0, 0.05) is 6.42 Å². The van der Waals surface area contributed by atoms with Crippen LogP contribution in [-0.4, -0.2) is 73.1 Å². The monoisotopic (exact) mass is 535 g/mol. The van der Waals surface area contributed by atoms with E-state index >= 15 is 0 Å². The van der Waals surface area contributed by atoms with Gasteiger partial charge in [-0.25, -0.2) is 0 Å². The van der Waals surface area contributed by atoms with Crippen LogP contribution < -0.4 is 10.1 Å². The lowest BCUT2D eigenvalue weighted by atomic mass is 9.90. The SMILES string of the molecule is Cc1ccc(S(=O)(=O)OCCOCCOCCOCCOc2ccc(C3CCC(=O)NC3=O)cc2)cc1. The van der Waals surface area contributed by atoms with Crippen molar-refractivity contribution in [2.45, 2.75) is 30.6 Å². The average molecular weight is 536 g/mol. The summed E-state index contributed by atoms with van der Waals surface area (Å²) in [5, 5.41) is 2.36. The van der Waals surface area contributed by atoms with Crippen LogP contribution in [0.15, 0.2) is 53.4 Å². The fraction of sp³-hybridized carbons (Fsp3) is 0.462. The zero-order chi connectivity index (χ0) is 26.5. The van der Waals surface area contributed by atoms with Crippen LogP contribution in [0.1, 0.15) is 29.9 Å². The van der Waals surface area contributed by atoms with E-state index in [1.165, 1.54) is 12.1 Å². The lowest BCUT2D eigenvalue weighted by Crippen LogP contribution is -2.39. The average Bonchev–Trinajstić information content (AvgIpc) is 2.87. The van der Waals surface area contributed by atoms with E-state index in [-0.39, 0.29) is 35.8 Å². The molecule has 3 rings (SSSR count). The Morgan fingerprint density at radius 1 is 0.784 bits per heavy atom. The summed E-state index contributed by atoms with van der Waals surface area (Å²) in [5.41, 5.74) is 1.83. The highest BCUT2D eigenvalue weighted by Gasteiger charge is 2.27. The Morgan fingerprint density at radius 3 is 1.95 bits per heavy atom. The van der Waals surface area contributed by atoms with Gasteiger partial charge >= 0.3 is 0 Å². The van der Waals surface area contributed by atoms with E-state index in [2.05, 4.69) is 5.32 Å². The fourth-order valence-corrected chi connectivity index (χ4v) is 4.44. The molecule has 1 unspecified atom stereocenters. The van der Waals surface area contributed by atoms with Gasteiger partial charge in [0.15, 0.2) is 0 Å². The number of piperidine rings is 1. The summed E-state index contributed by atoms with van der Waals surface area (Å²) in [4.78, 5) is 23.3. The first-order chi connectivity index (χ1) is 17.8. The highest BCUT2D eigenvalue weighted by Crippen LogP contribution is 2.26. The van der Waals surface area contributed by atoms with E-state index in [1.807, 2.05) is 19.1 Å². The third-order valence-corrected chi connectivity index (χ3v) is 6.86. The zero-order valence-corrected chi connectivity index (χ0v) is 21.7. The first-order valence-corrected chi connectivity index (χ1v) is 13.5. The van der Waals surface area contributed by atoms with Crippen molar-refractivity contribution in [3.8, 4) is 5.75 Å². The smallest absolute Gasteiger partial charge is 0.297 e. The number of imide groups is 1. The molecule has 0 bridgehead atoms. The second-order valence-corrected chi connectivity index (χ2v) is 9.96. The highest BCUT2D eigenvalue weighted by molar-refractivity contribution is 7.86. The molecule has 10 nitrogen and oxygen atoms in total. The largest absolute Gasteiger partial charge is 0.491 e. The maximum absolute atomic E-state index is 12.1. The number of ether oxygens (including phenoxy) is 4. The first kappa shape index (κ1) is 28.7. The second kappa shape index (κ2) is 14.8. The number of hydrogen-bond donors (Lipinski definition) is 1. The molecular weight excluding hydrogens is 502 g/mol. The van der Waals surface area contributed by atoms with Crippen molar-refractivity contribution in [3.05, 3.63) is 59.7 Å². The van der Waals surface area contributed by atoms with E-state index in [0.717, 1.165) is 11.1 Å². The number of nitrogens with one attached hydrogen (secondary N) is 1. The first-order valence-electron chi connectivity index (χ1n) is 12.1. The number of hydrogen-bond acceptors (Lipinski definition) is 9. The Balaban J connectivity index is 1.15. The minimum atomic E-state index is -3.78. The topological polar surface area (TPSA) is 126 Å². The van der Waals surface area contributed by atoms with Gasteiger partial charge in [0.25, 0.3) is 10.1 Å².